The minimum atomic E-state index is 0.0235. The maximum Gasteiger partial charge on any atom is 0.0626 e. The number of benzene rings is 1. The van der Waals surface area contributed by atoms with Crippen LogP contribution >= 0.6 is 11.3 Å². The normalized spacial score (nSPS) is 16.5. The lowest BCUT2D eigenvalue weighted by Crippen LogP contribution is -2.23. The Kier molecular flexibility index (Phi) is 3.97. The number of aliphatic hydroxyl groups is 1. The van der Waals surface area contributed by atoms with Gasteiger partial charge in [-0.1, -0.05) is 30.3 Å². The van der Waals surface area contributed by atoms with Crippen molar-refractivity contribution in [1.82, 2.24) is 5.32 Å². The van der Waals surface area contributed by atoms with E-state index in [9.17, 15) is 5.11 Å². The Morgan fingerprint density at radius 2 is 2.00 bits per heavy atom. The van der Waals surface area contributed by atoms with Crippen LogP contribution in [0.2, 0.25) is 0 Å². The van der Waals surface area contributed by atoms with Gasteiger partial charge in [0.2, 0.25) is 0 Å². The van der Waals surface area contributed by atoms with Crippen LogP contribution in [0.1, 0.15) is 40.8 Å². The average Bonchev–Trinajstić information content (AvgIpc) is 3.17. The first kappa shape index (κ1) is 12.9. The van der Waals surface area contributed by atoms with Crippen LogP contribution in [0, 0.1) is 0 Å². The van der Waals surface area contributed by atoms with E-state index in [1.807, 2.05) is 0 Å². The van der Waals surface area contributed by atoms with Crippen molar-refractivity contribution in [1.29, 1.82) is 0 Å². The average molecular weight is 273 g/mol. The monoisotopic (exact) mass is 273 g/mol. The second-order valence-corrected chi connectivity index (χ2v) is 6.17. The molecule has 0 saturated heterocycles. The van der Waals surface area contributed by atoms with Crippen LogP contribution in [0.25, 0.3) is 0 Å². The van der Waals surface area contributed by atoms with Crippen molar-refractivity contribution in [3.63, 3.8) is 0 Å². The SMILES string of the molecule is OCC(NCc1cccs1)c1ccc(C2CC2)cc1. The van der Waals surface area contributed by atoms with E-state index in [0.29, 0.717) is 0 Å². The molecule has 0 aliphatic heterocycles. The summed E-state index contributed by atoms with van der Waals surface area (Å²) in [7, 11) is 0. The molecular weight excluding hydrogens is 254 g/mol. The molecule has 2 N–H and O–H groups in total. The Labute approximate surface area is 118 Å². The predicted octanol–water partition coefficient (Wildman–Crippen LogP) is 3.45. The number of nitrogens with one attached hydrogen (secondary N) is 1. The van der Waals surface area contributed by atoms with Crippen molar-refractivity contribution in [2.75, 3.05) is 6.61 Å². The predicted molar refractivity (Wildman–Crippen MR) is 79.4 cm³/mol. The minimum absolute atomic E-state index is 0.0235. The largest absolute Gasteiger partial charge is 0.394 e. The molecule has 0 amide bonds. The second kappa shape index (κ2) is 5.87. The molecule has 0 bridgehead atoms. The molecule has 1 aliphatic rings. The molecule has 3 heteroatoms. The zero-order valence-electron chi connectivity index (χ0n) is 10.9. The molecule has 19 heavy (non-hydrogen) atoms. The lowest BCUT2D eigenvalue weighted by molar-refractivity contribution is 0.244. The van der Waals surface area contributed by atoms with Crippen molar-refractivity contribution in [3.8, 4) is 0 Å². The summed E-state index contributed by atoms with van der Waals surface area (Å²) < 4.78 is 0. The van der Waals surface area contributed by atoms with Crippen molar-refractivity contribution >= 4 is 11.3 Å². The number of thiophene rings is 1. The molecule has 100 valence electrons. The molecule has 1 saturated carbocycles. The number of hydrogen-bond donors (Lipinski definition) is 2. The van der Waals surface area contributed by atoms with Crippen LogP contribution in [0.5, 0.6) is 0 Å². The zero-order valence-corrected chi connectivity index (χ0v) is 11.7. The Morgan fingerprint density at radius 1 is 1.21 bits per heavy atom. The van der Waals surface area contributed by atoms with E-state index in [4.69, 9.17) is 0 Å². The number of rotatable bonds is 6. The molecule has 2 aromatic rings. The minimum Gasteiger partial charge on any atom is -0.394 e. The number of hydrogen-bond acceptors (Lipinski definition) is 3. The molecule has 1 fully saturated rings. The van der Waals surface area contributed by atoms with Crippen molar-refractivity contribution in [2.24, 2.45) is 0 Å². The van der Waals surface area contributed by atoms with Crippen LogP contribution in [-0.2, 0) is 6.54 Å². The molecule has 0 radical (unpaired) electrons. The first-order valence-electron chi connectivity index (χ1n) is 6.83. The van der Waals surface area contributed by atoms with Crippen molar-refractivity contribution < 1.29 is 5.11 Å². The van der Waals surface area contributed by atoms with E-state index in [0.717, 1.165) is 12.5 Å². The third-order valence-corrected chi connectivity index (χ3v) is 4.55. The van der Waals surface area contributed by atoms with Gasteiger partial charge in [-0.05, 0) is 41.3 Å². The summed E-state index contributed by atoms with van der Waals surface area (Å²) in [6, 6.07) is 12.9. The topological polar surface area (TPSA) is 32.3 Å². The molecule has 3 rings (SSSR count). The van der Waals surface area contributed by atoms with Crippen molar-refractivity contribution in [2.45, 2.75) is 31.3 Å². The Bertz CT molecular complexity index is 502. The highest BCUT2D eigenvalue weighted by molar-refractivity contribution is 7.09. The molecular formula is C16H19NOS. The van der Waals surface area contributed by atoms with Gasteiger partial charge in [0.25, 0.3) is 0 Å². The summed E-state index contributed by atoms with van der Waals surface area (Å²) in [5, 5.41) is 15.0. The van der Waals surface area contributed by atoms with Crippen LogP contribution in [0.15, 0.2) is 41.8 Å². The first-order valence-corrected chi connectivity index (χ1v) is 7.71. The smallest absolute Gasteiger partial charge is 0.0626 e. The maximum absolute atomic E-state index is 9.54. The Morgan fingerprint density at radius 3 is 2.58 bits per heavy atom. The van der Waals surface area contributed by atoms with Gasteiger partial charge in [-0.2, -0.15) is 0 Å². The lowest BCUT2D eigenvalue weighted by Gasteiger charge is -2.16. The van der Waals surface area contributed by atoms with E-state index >= 15 is 0 Å². The second-order valence-electron chi connectivity index (χ2n) is 5.14. The summed E-state index contributed by atoms with van der Waals surface area (Å²) in [5.41, 5.74) is 2.61. The van der Waals surface area contributed by atoms with Crippen molar-refractivity contribution in [3.05, 3.63) is 57.8 Å². The Balaban J connectivity index is 1.63. The van der Waals surface area contributed by atoms with Gasteiger partial charge in [-0.15, -0.1) is 11.3 Å². The quantitative estimate of drug-likeness (QED) is 0.845. The molecule has 1 unspecified atom stereocenters. The lowest BCUT2D eigenvalue weighted by atomic mass is 10.0. The molecule has 0 spiro atoms. The Hall–Kier alpha value is -1.16. The molecule has 1 aliphatic carbocycles. The standard InChI is InChI=1S/C16H19NOS/c18-11-16(17-10-15-2-1-9-19-15)14-7-5-13(6-8-14)12-3-4-12/h1-2,5-9,12,16-18H,3-4,10-11H2. The van der Waals surface area contributed by atoms with E-state index in [1.165, 1.54) is 28.8 Å². The zero-order chi connectivity index (χ0) is 13.1. The molecule has 1 atom stereocenters. The fourth-order valence-electron chi connectivity index (χ4n) is 2.34. The highest BCUT2D eigenvalue weighted by atomic mass is 32.1. The van der Waals surface area contributed by atoms with Gasteiger partial charge < -0.3 is 10.4 Å². The maximum atomic E-state index is 9.54. The van der Waals surface area contributed by atoms with Crippen LogP contribution in [0.3, 0.4) is 0 Å². The van der Waals surface area contributed by atoms with Gasteiger partial charge in [-0.25, -0.2) is 0 Å². The fraction of sp³-hybridized carbons (Fsp3) is 0.375. The summed E-state index contributed by atoms with van der Waals surface area (Å²) >= 11 is 1.74. The molecule has 1 aromatic heterocycles. The first-order chi connectivity index (χ1) is 9.36. The summed E-state index contributed by atoms with van der Waals surface area (Å²) in [6.07, 6.45) is 2.67. The molecule has 1 aromatic carbocycles. The highest BCUT2D eigenvalue weighted by Gasteiger charge is 2.23. The number of aliphatic hydroxyl groups excluding tert-OH is 1. The van der Waals surface area contributed by atoms with E-state index in [-0.39, 0.29) is 12.6 Å². The van der Waals surface area contributed by atoms with E-state index < -0.39 is 0 Å². The van der Waals surface area contributed by atoms with Gasteiger partial charge in [0.15, 0.2) is 0 Å². The van der Waals surface area contributed by atoms with Crippen LogP contribution in [-0.4, -0.2) is 11.7 Å². The summed E-state index contributed by atoms with van der Waals surface area (Å²) in [5.74, 6) is 0.792. The van der Waals surface area contributed by atoms with Gasteiger partial charge in [0.05, 0.1) is 12.6 Å². The van der Waals surface area contributed by atoms with E-state index in [1.54, 1.807) is 11.3 Å². The summed E-state index contributed by atoms with van der Waals surface area (Å²) in [6.45, 7) is 0.946. The fourth-order valence-corrected chi connectivity index (χ4v) is 3.00. The van der Waals surface area contributed by atoms with E-state index in [2.05, 4.69) is 47.1 Å². The van der Waals surface area contributed by atoms with Gasteiger partial charge in [0, 0.05) is 11.4 Å². The molecule has 2 nitrogen and oxygen atoms in total. The third-order valence-electron chi connectivity index (χ3n) is 3.67. The highest BCUT2D eigenvalue weighted by Crippen LogP contribution is 2.40. The summed E-state index contributed by atoms with van der Waals surface area (Å²) in [4.78, 5) is 1.30. The third kappa shape index (κ3) is 3.24. The van der Waals surface area contributed by atoms with Crippen LogP contribution < -0.4 is 5.32 Å². The van der Waals surface area contributed by atoms with Crippen LogP contribution in [0.4, 0.5) is 0 Å². The van der Waals surface area contributed by atoms with Gasteiger partial charge in [-0.3, -0.25) is 0 Å². The van der Waals surface area contributed by atoms with Gasteiger partial charge in [0.1, 0.15) is 0 Å². The molecule has 1 heterocycles. The van der Waals surface area contributed by atoms with Gasteiger partial charge >= 0.3 is 0 Å².